The van der Waals surface area contributed by atoms with E-state index in [4.69, 9.17) is 15.2 Å². The molecule has 33 heavy (non-hydrogen) atoms. The summed E-state index contributed by atoms with van der Waals surface area (Å²) in [6, 6.07) is 22.1. The molecule has 0 aliphatic rings. The van der Waals surface area contributed by atoms with Gasteiger partial charge in [-0.2, -0.15) is 0 Å². The van der Waals surface area contributed by atoms with Crippen LogP contribution in [0.3, 0.4) is 0 Å². The molecule has 0 fully saturated rings. The summed E-state index contributed by atoms with van der Waals surface area (Å²) in [7, 11) is 0. The molecule has 0 radical (unpaired) electrons. The molecule has 7 heteroatoms. The standard InChI is InChI=1S/C26H29N5O2/c1-3-32-21-13-14-25(33-4-2)23(15-21)30-26(27)28-16-19-9-11-20(12-10-19)17-31-18-29-22-7-5-6-8-24(22)31/h5-15,18H,3-4,16-17H2,1-2H3,(H3,27,28,30). The van der Waals surface area contributed by atoms with E-state index in [1.54, 1.807) is 0 Å². The van der Waals surface area contributed by atoms with Crippen molar-refractivity contribution in [3.63, 3.8) is 0 Å². The number of anilines is 1. The van der Waals surface area contributed by atoms with Crippen LogP contribution in [-0.2, 0) is 13.1 Å². The maximum Gasteiger partial charge on any atom is 0.193 e. The number of imidazole rings is 1. The Balaban J connectivity index is 1.40. The van der Waals surface area contributed by atoms with Gasteiger partial charge in [0.2, 0.25) is 0 Å². The van der Waals surface area contributed by atoms with Crippen LogP contribution in [-0.4, -0.2) is 28.7 Å². The van der Waals surface area contributed by atoms with Crippen molar-refractivity contribution < 1.29 is 9.47 Å². The van der Waals surface area contributed by atoms with Gasteiger partial charge in [-0.15, -0.1) is 0 Å². The molecule has 0 atom stereocenters. The van der Waals surface area contributed by atoms with Crippen molar-refractivity contribution in [2.75, 3.05) is 18.5 Å². The molecule has 3 aromatic carbocycles. The molecule has 0 spiro atoms. The molecule has 1 heterocycles. The number of aromatic nitrogens is 2. The fourth-order valence-corrected chi connectivity index (χ4v) is 3.58. The Bertz CT molecular complexity index is 1230. The fraction of sp³-hybridized carbons (Fsp3) is 0.231. The van der Waals surface area contributed by atoms with Crippen LogP contribution < -0.4 is 20.5 Å². The molecule has 170 valence electrons. The van der Waals surface area contributed by atoms with Crippen LogP contribution in [0.25, 0.3) is 11.0 Å². The highest BCUT2D eigenvalue weighted by Crippen LogP contribution is 2.29. The van der Waals surface area contributed by atoms with Gasteiger partial charge < -0.3 is 25.1 Å². The van der Waals surface area contributed by atoms with Crippen molar-refractivity contribution >= 4 is 22.7 Å². The van der Waals surface area contributed by atoms with E-state index >= 15 is 0 Å². The second kappa shape index (κ2) is 10.5. The first-order valence-corrected chi connectivity index (χ1v) is 11.1. The van der Waals surface area contributed by atoms with Gasteiger partial charge in [0.05, 0.1) is 42.8 Å². The van der Waals surface area contributed by atoms with Gasteiger partial charge in [0.25, 0.3) is 0 Å². The van der Waals surface area contributed by atoms with E-state index in [1.807, 2.05) is 56.6 Å². The van der Waals surface area contributed by atoms with Gasteiger partial charge in [-0.3, -0.25) is 0 Å². The number of nitrogens with zero attached hydrogens (tertiary/aromatic N) is 3. The van der Waals surface area contributed by atoms with Gasteiger partial charge >= 0.3 is 0 Å². The first kappa shape index (κ1) is 22.2. The van der Waals surface area contributed by atoms with E-state index in [9.17, 15) is 0 Å². The minimum Gasteiger partial charge on any atom is -0.494 e. The number of benzene rings is 3. The molecule has 0 unspecified atom stereocenters. The summed E-state index contributed by atoms with van der Waals surface area (Å²) in [6.07, 6.45) is 1.88. The van der Waals surface area contributed by atoms with Crippen molar-refractivity contribution in [1.29, 1.82) is 0 Å². The second-order valence-corrected chi connectivity index (χ2v) is 7.53. The van der Waals surface area contributed by atoms with Gasteiger partial charge in [0.1, 0.15) is 11.5 Å². The first-order chi connectivity index (χ1) is 16.2. The molecule has 0 aliphatic carbocycles. The van der Waals surface area contributed by atoms with E-state index < -0.39 is 0 Å². The van der Waals surface area contributed by atoms with Crippen molar-refractivity contribution in [1.82, 2.24) is 9.55 Å². The lowest BCUT2D eigenvalue weighted by atomic mass is 10.1. The number of guanidine groups is 1. The molecular formula is C26H29N5O2. The van der Waals surface area contributed by atoms with Gasteiger partial charge in [0.15, 0.2) is 5.96 Å². The minimum absolute atomic E-state index is 0.318. The number of aliphatic imine (C=N–C) groups is 1. The Morgan fingerprint density at radius 3 is 2.52 bits per heavy atom. The van der Waals surface area contributed by atoms with E-state index in [2.05, 4.69) is 50.2 Å². The van der Waals surface area contributed by atoms with Crippen LogP contribution >= 0.6 is 0 Å². The topological polar surface area (TPSA) is 86.7 Å². The molecule has 0 saturated heterocycles. The van der Waals surface area contributed by atoms with Gasteiger partial charge in [-0.1, -0.05) is 36.4 Å². The van der Waals surface area contributed by atoms with Gasteiger partial charge in [0, 0.05) is 12.6 Å². The highest BCUT2D eigenvalue weighted by molar-refractivity contribution is 5.94. The molecule has 0 bridgehead atoms. The van der Waals surface area contributed by atoms with Crippen LogP contribution in [0.2, 0.25) is 0 Å². The predicted molar refractivity (Wildman–Crippen MR) is 133 cm³/mol. The minimum atomic E-state index is 0.318. The lowest BCUT2D eigenvalue weighted by Crippen LogP contribution is -2.23. The number of fused-ring (bicyclic) bond motifs is 1. The third-order valence-electron chi connectivity index (χ3n) is 5.16. The number of hydrogen-bond acceptors (Lipinski definition) is 4. The van der Waals surface area contributed by atoms with Crippen LogP contribution in [0, 0.1) is 0 Å². The monoisotopic (exact) mass is 443 g/mol. The molecule has 0 aliphatic heterocycles. The zero-order chi connectivity index (χ0) is 23.0. The van der Waals surface area contributed by atoms with Gasteiger partial charge in [-0.25, -0.2) is 9.98 Å². The van der Waals surface area contributed by atoms with E-state index in [0.717, 1.165) is 34.6 Å². The summed E-state index contributed by atoms with van der Waals surface area (Å²) in [4.78, 5) is 8.94. The first-order valence-electron chi connectivity index (χ1n) is 11.1. The van der Waals surface area contributed by atoms with Crippen LogP contribution in [0.1, 0.15) is 25.0 Å². The molecule has 0 amide bonds. The van der Waals surface area contributed by atoms with Crippen LogP contribution in [0.5, 0.6) is 11.5 Å². The quantitative estimate of drug-likeness (QED) is 0.286. The molecule has 4 rings (SSSR count). The highest BCUT2D eigenvalue weighted by atomic mass is 16.5. The molecule has 7 nitrogen and oxygen atoms in total. The number of nitrogens with one attached hydrogen (secondary N) is 1. The Morgan fingerprint density at radius 2 is 1.73 bits per heavy atom. The number of hydrogen-bond donors (Lipinski definition) is 2. The predicted octanol–water partition coefficient (Wildman–Crippen LogP) is 4.81. The normalized spacial score (nSPS) is 11.5. The van der Waals surface area contributed by atoms with Crippen LogP contribution in [0.4, 0.5) is 5.69 Å². The molecule has 0 saturated carbocycles. The smallest absolute Gasteiger partial charge is 0.193 e. The lowest BCUT2D eigenvalue weighted by Gasteiger charge is -2.14. The lowest BCUT2D eigenvalue weighted by molar-refractivity contribution is 0.332. The van der Waals surface area contributed by atoms with Crippen molar-refractivity contribution in [2.45, 2.75) is 26.9 Å². The summed E-state index contributed by atoms with van der Waals surface area (Å²) in [5, 5.41) is 3.13. The average molecular weight is 444 g/mol. The molecular weight excluding hydrogens is 414 g/mol. The number of para-hydroxylation sites is 2. The summed E-state index contributed by atoms with van der Waals surface area (Å²) in [5.41, 5.74) is 11.3. The second-order valence-electron chi connectivity index (χ2n) is 7.53. The maximum absolute atomic E-state index is 6.15. The summed E-state index contributed by atoms with van der Waals surface area (Å²) in [5.74, 6) is 1.77. The average Bonchev–Trinajstić information content (AvgIpc) is 3.23. The number of rotatable bonds is 9. The number of ether oxygens (including phenoxy) is 2. The SMILES string of the molecule is CCOc1ccc(OCC)c(NC(N)=NCc2ccc(Cn3cnc4ccccc43)cc2)c1. The van der Waals surface area contributed by atoms with Crippen molar-refractivity contribution in [2.24, 2.45) is 10.7 Å². The zero-order valence-electron chi connectivity index (χ0n) is 19.0. The Hall–Kier alpha value is -4.00. The Labute approximate surface area is 193 Å². The third-order valence-corrected chi connectivity index (χ3v) is 5.16. The fourth-order valence-electron chi connectivity index (χ4n) is 3.58. The van der Waals surface area contributed by atoms with Crippen LogP contribution in [0.15, 0.2) is 78.0 Å². The van der Waals surface area contributed by atoms with E-state index in [1.165, 1.54) is 5.56 Å². The molecule has 3 N–H and O–H groups in total. The van der Waals surface area contributed by atoms with Gasteiger partial charge in [-0.05, 0) is 49.2 Å². The third kappa shape index (κ3) is 5.63. The Morgan fingerprint density at radius 1 is 0.970 bits per heavy atom. The zero-order valence-corrected chi connectivity index (χ0v) is 19.0. The summed E-state index contributed by atoms with van der Waals surface area (Å²) >= 11 is 0. The Kier molecular flexibility index (Phi) is 7.09. The number of nitrogens with two attached hydrogens (primary N) is 1. The molecule has 1 aromatic heterocycles. The summed E-state index contributed by atoms with van der Waals surface area (Å²) < 4.78 is 13.4. The van der Waals surface area contributed by atoms with Crippen molar-refractivity contribution in [3.8, 4) is 11.5 Å². The van der Waals surface area contributed by atoms with E-state index in [-0.39, 0.29) is 0 Å². The highest BCUT2D eigenvalue weighted by Gasteiger charge is 2.07. The van der Waals surface area contributed by atoms with Crippen molar-refractivity contribution in [3.05, 3.63) is 84.2 Å². The maximum atomic E-state index is 6.15. The van der Waals surface area contributed by atoms with E-state index in [0.29, 0.717) is 31.5 Å². The summed E-state index contributed by atoms with van der Waals surface area (Å²) in [6.45, 7) is 6.27. The largest absolute Gasteiger partial charge is 0.494 e. The molecule has 4 aromatic rings.